The fraction of sp³-hybridized carbons (Fsp3) is 0.261. The van der Waals surface area contributed by atoms with E-state index < -0.39 is 0 Å². The van der Waals surface area contributed by atoms with Gasteiger partial charge < -0.3 is 10.6 Å². The van der Waals surface area contributed by atoms with Crippen molar-refractivity contribution in [2.45, 2.75) is 33.6 Å². The number of halogens is 1. The molecule has 2 N–H and O–H groups in total. The zero-order chi connectivity index (χ0) is 20.5. The number of rotatable bonds is 4. The highest BCUT2D eigenvalue weighted by Crippen LogP contribution is 2.33. The van der Waals surface area contributed by atoms with Crippen LogP contribution < -0.4 is 10.6 Å². The van der Waals surface area contributed by atoms with E-state index in [1.807, 2.05) is 56.3 Å². The molecule has 6 heteroatoms. The van der Waals surface area contributed by atoms with Gasteiger partial charge in [0.25, 0.3) is 0 Å². The van der Waals surface area contributed by atoms with Crippen molar-refractivity contribution in [3.8, 4) is 0 Å². The first kappa shape index (κ1) is 19.4. The second-order valence-electron chi connectivity index (χ2n) is 7.68. The lowest BCUT2D eigenvalue weighted by atomic mass is 9.87. The predicted octanol–water partition coefficient (Wildman–Crippen LogP) is 6.00. The van der Waals surface area contributed by atoms with Gasteiger partial charge in [-0.15, -0.1) is 0 Å². The molecule has 1 atom stereocenters. The van der Waals surface area contributed by atoms with E-state index in [1.54, 1.807) is 0 Å². The van der Waals surface area contributed by atoms with Gasteiger partial charge in [-0.05, 0) is 61.6 Å². The van der Waals surface area contributed by atoms with Crippen molar-refractivity contribution >= 4 is 40.5 Å². The molecule has 4 rings (SSSR count). The van der Waals surface area contributed by atoms with E-state index >= 15 is 0 Å². The Labute approximate surface area is 175 Å². The summed E-state index contributed by atoms with van der Waals surface area (Å²) in [6.45, 7) is 6.16. The number of aromatic nitrogens is 2. The normalized spacial score (nSPS) is 15.7. The first-order valence-electron chi connectivity index (χ1n) is 9.70. The second kappa shape index (κ2) is 7.84. The van der Waals surface area contributed by atoms with Gasteiger partial charge in [0.05, 0.1) is 11.3 Å². The van der Waals surface area contributed by atoms with Crippen LogP contribution in [0.3, 0.4) is 0 Å². The lowest BCUT2D eigenvalue weighted by Crippen LogP contribution is -2.22. The number of para-hydroxylation sites is 1. The summed E-state index contributed by atoms with van der Waals surface area (Å²) in [4.78, 5) is 22.2. The quantitative estimate of drug-likeness (QED) is 0.556. The Morgan fingerprint density at radius 3 is 2.34 bits per heavy atom. The maximum Gasteiger partial charge on any atom is 0.229 e. The third kappa shape index (κ3) is 4.10. The van der Waals surface area contributed by atoms with Crippen LogP contribution in [0.2, 0.25) is 5.02 Å². The van der Waals surface area contributed by atoms with Crippen LogP contribution in [0.15, 0.2) is 42.5 Å². The molecule has 1 aliphatic carbocycles. The van der Waals surface area contributed by atoms with Gasteiger partial charge in [-0.25, -0.2) is 4.98 Å². The van der Waals surface area contributed by atoms with Crippen LogP contribution >= 0.6 is 11.6 Å². The Bertz CT molecular complexity index is 1060. The molecular formula is C23H23ClN4O. The van der Waals surface area contributed by atoms with E-state index in [9.17, 15) is 4.79 Å². The van der Waals surface area contributed by atoms with Crippen molar-refractivity contribution in [3.63, 3.8) is 0 Å². The first-order chi connectivity index (χ1) is 13.9. The fourth-order valence-corrected chi connectivity index (χ4v) is 3.83. The van der Waals surface area contributed by atoms with Crippen LogP contribution in [0, 0.1) is 19.8 Å². The molecule has 29 heavy (non-hydrogen) atoms. The van der Waals surface area contributed by atoms with Crippen LogP contribution in [0.5, 0.6) is 0 Å². The van der Waals surface area contributed by atoms with Crippen molar-refractivity contribution in [3.05, 3.63) is 69.9 Å². The molecule has 2 aromatic carbocycles. The molecule has 5 nitrogen and oxygen atoms in total. The molecule has 0 spiro atoms. The topological polar surface area (TPSA) is 66.9 Å². The average molecular weight is 407 g/mol. The summed E-state index contributed by atoms with van der Waals surface area (Å²) in [5.41, 5.74) is 5.39. The minimum atomic E-state index is 0.0885. The highest BCUT2D eigenvalue weighted by Gasteiger charge is 2.28. The van der Waals surface area contributed by atoms with E-state index in [0.29, 0.717) is 28.8 Å². The van der Waals surface area contributed by atoms with Gasteiger partial charge in [0, 0.05) is 22.8 Å². The number of hydrogen-bond acceptors (Lipinski definition) is 5. The summed E-state index contributed by atoms with van der Waals surface area (Å²) in [6.07, 6.45) is 1.27. The largest absolute Gasteiger partial charge is 0.339 e. The molecule has 1 unspecified atom stereocenters. The van der Waals surface area contributed by atoms with E-state index in [0.717, 1.165) is 34.6 Å². The molecule has 1 aliphatic rings. The van der Waals surface area contributed by atoms with Gasteiger partial charge in [-0.1, -0.05) is 36.7 Å². The van der Waals surface area contributed by atoms with Crippen LogP contribution in [0.1, 0.15) is 40.5 Å². The van der Waals surface area contributed by atoms with Gasteiger partial charge in [0.1, 0.15) is 5.82 Å². The van der Waals surface area contributed by atoms with Crippen molar-refractivity contribution < 1.29 is 4.79 Å². The standard InChI is InChI=1S/C23H23ClN4O/c1-13-11-18-20(19(29)12-13)22(27-21-14(2)5-4-6-15(21)3)28-23(26-18)25-17-9-7-16(24)8-10-17/h4-10,13H,11-12H2,1-3H3,(H2,25,26,27,28). The molecule has 1 aromatic heterocycles. The summed E-state index contributed by atoms with van der Waals surface area (Å²) in [5.74, 6) is 1.37. The van der Waals surface area contributed by atoms with Gasteiger partial charge >= 0.3 is 0 Å². The molecule has 0 aliphatic heterocycles. The Morgan fingerprint density at radius 1 is 0.966 bits per heavy atom. The third-order valence-electron chi connectivity index (χ3n) is 5.16. The van der Waals surface area contributed by atoms with Gasteiger partial charge in [-0.3, -0.25) is 4.79 Å². The summed E-state index contributed by atoms with van der Waals surface area (Å²) < 4.78 is 0. The molecule has 0 bridgehead atoms. The van der Waals surface area contributed by atoms with Crippen LogP contribution in [-0.4, -0.2) is 15.8 Å². The SMILES string of the molecule is Cc1cccc(C)c1Nc1nc(Nc2ccc(Cl)cc2)nc2c1C(=O)CC(C)C2. The van der Waals surface area contributed by atoms with Crippen molar-refractivity contribution in [1.29, 1.82) is 0 Å². The Morgan fingerprint density at radius 2 is 1.66 bits per heavy atom. The Balaban J connectivity index is 1.78. The molecule has 3 aromatic rings. The van der Waals surface area contributed by atoms with E-state index in [4.69, 9.17) is 11.6 Å². The number of fused-ring (bicyclic) bond motifs is 1. The Kier molecular flexibility index (Phi) is 5.24. The lowest BCUT2D eigenvalue weighted by Gasteiger charge is -2.23. The van der Waals surface area contributed by atoms with Gasteiger partial charge in [0.2, 0.25) is 5.95 Å². The predicted molar refractivity (Wildman–Crippen MR) is 118 cm³/mol. The minimum absolute atomic E-state index is 0.0885. The molecule has 148 valence electrons. The number of nitrogens with zero attached hydrogens (tertiary/aromatic N) is 2. The highest BCUT2D eigenvalue weighted by molar-refractivity contribution is 6.30. The van der Waals surface area contributed by atoms with Crippen LogP contribution in [0.25, 0.3) is 0 Å². The number of carbonyl (C=O) groups is 1. The third-order valence-corrected chi connectivity index (χ3v) is 5.42. The van der Waals surface area contributed by atoms with Crippen LogP contribution in [0.4, 0.5) is 23.1 Å². The average Bonchev–Trinajstić information content (AvgIpc) is 2.66. The number of Topliss-reactive ketones (excluding diaryl/α,β-unsaturated/α-hetero) is 1. The highest BCUT2D eigenvalue weighted by atomic mass is 35.5. The molecular weight excluding hydrogens is 384 g/mol. The molecule has 0 saturated heterocycles. The number of hydrogen-bond donors (Lipinski definition) is 2. The first-order valence-corrected chi connectivity index (χ1v) is 10.1. The number of carbonyl (C=O) groups excluding carboxylic acids is 1. The summed E-state index contributed by atoms with van der Waals surface area (Å²) in [7, 11) is 0. The van der Waals surface area contributed by atoms with Crippen molar-refractivity contribution in [1.82, 2.24) is 9.97 Å². The number of nitrogens with one attached hydrogen (secondary N) is 2. The molecule has 1 heterocycles. The molecule has 0 radical (unpaired) electrons. The van der Waals surface area contributed by atoms with E-state index in [2.05, 4.69) is 27.5 Å². The molecule has 0 saturated carbocycles. The van der Waals surface area contributed by atoms with E-state index in [1.165, 1.54) is 0 Å². The maximum atomic E-state index is 12.8. The molecule has 0 amide bonds. The second-order valence-corrected chi connectivity index (χ2v) is 8.11. The fourth-order valence-electron chi connectivity index (χ4n) is 3.71. The zero-order valence-corrected chi connectivity index (χ0v) is 17.5. The number of aryl methyl sites for hydroxylation is 2. The van der Waals surface area contributed by atoms with Crippen LogP contribution in [-0.2, 0) is 6.42 Å². The van der Waals surface area contributed by atoms with Crippen molar-refractivity contribution in [2.75, 3.05) is 10.6 Å². The molecule has 0 fully saturated rings. The van der Waals surface area contributed by atoms with Crippen molar-refractivity contribution in [2.24, 2.45) is 5.92 Å². The van der Waals surface area contributed by atoms with Gasteiger partial charge in [-0.2, -0.15) is 4.98 Å². The summed E-state index contributed by atoms with van der Waals surface area (Å²) >= 11 is 5.98. The summed E-state index contributed by atoms with van der Waals surface area (Å²) in [5, 5.41) is 7.32. The monoisotopic (exact) mass is 406 g/mol. The Hall–Kier alpha value is -2.92. The zero-order valence-electron chi connectivity index (χ0n) is 16.7. The number of benzene rings is 2. The lowest BCUT2D eigenvalue weighted by molar-refractivity contribution is 0.0953. The minimum Gasteiger partial charge on any atom is -0.339 e. The smallest absolute Gasteiger partial charge is 0.229 e. The number of ketones is 1. The van der Waals surface area contributed by atoms with E-state index in [-0.39, 0.29) is 11.7 Å². The number of anilines is 4. The van der Waals surface area contributed by atoms with Gasteiger partial charge in [0.15, 0.2) is 5.78 Å². The summed E-state index contributed by atoms with van der Waals surface area (Å²) in [6, 6.07) is 13.5. The maximum absolute atomic E-state index is 12.8.